The number of hydrogen-bond acceptors (Lipinski definition) is 3. The SMILES string of the molecule is C=CCNCC(=O)Nc1c(C)ccnc1Cl. The zero-order valence-electron chi connectivity index (χ0n) is 9.09. The average molecular weight is 240 g/mol. The highest BCUT2D eigenvalue weighted by molar-refractivity contribution is 6.32. The Bertz CT molecular complexity index is 373. The molecule has 0 aromatic carbocycles. The van der Waals surface area contributed by atoms with E-state index in [1.54, 1.807) is 18.3 Å². The Morgan fingerprint density at radius 2 is 2.44 bits per heavy atom. The van der Waals surface area contributed by atoms with Gasteiger partial charge in [-0.3, -0.25) is 4.79 Å². The van der Waals surface area contributed by atoms with Gasteiger partial charge in [-0.2, -0.15) is 0 Å². The minimum atomic E-state index is -0.153. The van der Waals surface area contributed by atoms with Crippen LogP contribution in [0.1, 0.15) is 5.56 Å². The van der Waals surface area contributed by atoms with Crippen LogP contribution in [-0.4, -0.2) is 24.0 Å². The standard InChI is InChI=1S/C11H14ClN3O/c1-3-5-13-7-9(16)15-10-8(2)4-6-14-11(10)12/h3-4,6,13H,1,5,7H2,2H3,(H,15,16). The Morgan fingerprint density at radius 1 is 1.69 bits per heavy atom. The molecule has 2 N–H and O–H groups in total. The third-order valence-electron chi connectivity index (χ3n) is 1.95. The third-order valence-corrected chi connectivity index (χ3v) is 2.24. The first kappa shape index (κ1) is 12.7. The minimum absolute atomic E-state index is 0.153. The molecular weight excluding hydrogens is 226 g/mol. The van der Waals surface area contributed by atoms with Crippen molar-refractivity contribution in [2.75, 3.05) is 18.4 Å². The lowest BCUT2D eigenvalue weighted by molar-refractivity contribution is -0.115. The monoisotopic (exact) mass is 239 g/mol. The predicted octanol–water partition coefficient (Wildman–Crippen LogP) is 1.76. The first-order valence-corrected chi connectivity index (χ1v) is 5.25. The maximum Gasteiger partial charge on any atom is 0.238 e. The number of carbonyl (C=O) groups is 1. The molecule has 0 aliphatic rings. The molecule has 0 spiro atoms. The quantitative estimate of drug-likeness (QED) is 0.468. The number of amides is 1. The Morgan fingerprint density at radius 3 is 3.06 bits per heavy atom. The summed E-state index contributed by atoms with van der Waals surface area (Å²) >= 11 is 5.87. The van der Waals surface area contributed by atoms with E-state index in [1.807, 2.05) is 6.92 Å². The molecule has 0 fully saturated rings. The molecule has 16 heavy (non-hydrogen) atoms. The highest BCUT2D eigenvalue weighted by atomic mass is 35.5. The molecule has 0 atom stereocenters. The van der Waals surface area contributed by atoms with Gasteiger partial charge in [-0.15, -0.1) is 6.58 Å². The van der Waals surface area contributed by atoms with Crippen LogP contribution in [0.4, 0.5) is 5.69 Å². The molecule has 1 rings (SSSR count). The van der Waals surface area contributed by atoms with Gasteiger partial charge in [0, 0.05) is 12.7 Å². The first-order valence-electron chi connectivity index (χ1n) is 4.87. The van der Waals surface area contributed by atoms with Gasteiger partial charge in [0.15, 0.2) is 5.15 Å². The van der Waals surface area contributed by atoms with Gasteiger partial charge >= 0.3 is 0 Å². The molecular formula is C11H14ClN3O. The van der Waals surface area contributed by atoms with E-state index in [-0.39, 0.29) is 12.5 Å². The van der Waals surface area contributed by atoms with Crippen LogP contribution in [0.3, 0.4) is 0 Å². The van der Waals surface area contributed by atoms with Crippen molar-refractivity contribution in [3.05, 3.63) is 35.6 Å². The van der Waals surface area contributed by atoms with Gasteiger partial charge < -0.3 is 10.6 Å². The van der Waals surface area contributed by atoms with E-state index in [0.717, 1.165) is 5.56 Å². The van der Waals surface area contributed by atoms with Gasteiger partial charge in [0.05, 0.1) is 12.2 Å². The van der Waals surface area contributed by atoms with Crippen molar-refractivity contribution in [1.29, 1.82) is 0 Å². The number of aromatic nitrogens is 1. The van der Waals surface area contributed by atoms with Crippen molar-refractivity contribution < 1.29 is 4.79 Å². The number of halogens is 1. The molecule has 86 valence electrons. The fourth-order valence-electron chi connectivity index (χ4n) is 1.15. The Balaban J connectivity index is 2.59. The summed E-state index contributed by atoms with van der Waals surface area (Å²) in [6, 6.07) is 1.79. The highest BCUT2D eigenvalue weighted by Crippen LogP contribution is 2.22. The number of carbonyl (C=O) groups excluding carboxylic acids is 1. The number of rotatable bonds is 5. The molecule has 1 heterocycles. The highest BCUT2D eigenvalue weighted by Gasteiger charge is 2.08. The van der Waals surface area contributed by atoms with Gasteiger partial charge in [0.25, 0.3) is 0 Å². The Hall–Kier alpha value is -1.39. The molecule has 0 unspecified atom stereocenters. The summed E-state index contributed by atoms with van der Waals surface area (Å²) in [4.78, 5) is 15.4. The molecule has 0 saturated heterocycles. The van der Waals surface area contributed by atoms with Crippen LogP contribution in [0.15, 0.2) is 24.9 Å². The van der Waals surface area contributed by atoms with E-state index in [2.05, 4.69) is 22.2 Å². The molecule has 4 nitrogen and oxygen atoms in total. The summed E-state index contributed by atoms with van der Waals surface area (Å²) in [7, 11) is 0. The van der Waals surface area contributed by atoms with Crippen molar-refractivity contribution >= 4 is 23.2 Å². The lowest BCUT2D eigenvalue weighted by atomic mass is 10.2. The number of nitrogens with one attached hydrogen (secondary N) is 2. The average Bonchev–Trinajstić information content (AvgIpc) is 2.24. The Kier molecular flexibility index (Phi) is 4.95. The van der Waals surface area contributed by atoms with Gasteiger partial charge in [-0.25, -0.2) is 4.98 Å². The van der Waals surface area contributed by atoms with Crippen LogP contribution >= 0.6 is 11.6 Å². The number of aryl methyl sites for hydroxylation is 1. The number of anilines is 1. The van der Waals surface area contributed by atoms with Gasteiger partial charge in [-0.05, 0) is 18.6 Å². The number of nitrogens with zero attached hydrogens (tertiary/aromatic N) is 1. The zero-order chi connectivity index (χ0) is 12.0. The van der Waals surface area contributed by atoms with Crippen LogP contribution in [0.25, 0.3) is 0 Å². The molecule has 5 heteroatoms. The molecule has 0 aliphatic heterocycles. The predicted molar refractivity (Wildman–Crippen MR) is 65.7 cm³/mol. The lowest BCUT2D eigenvalue weighted by Crippen LogP contribution is -2.28. The molecule has 1 amide bonds. The molecule has 0 bridgehead atoms. The van der Waals surface area contributed by atoms with E-state index in [0.29, 0.717) is 17.4 Å². The first-order chi connectivity index (χ1) is 7.65. The lowest BCUT2D eigenvalue weighted by Gasteiger charge is -2.09. The van der Waals surface area contributed by atoms with Crippen molar-refractivity contribution in [2.45, 2.75) is 6.92 Å². The van der Waals surface area contributed by atoms with Crippen molar-refractivity contribution in [3.63, 3.8) is 0 Å². The minimum Gasteiger partial charge on any atom is -0.322 e. The second-order valence-corrected chi connectivity index (χ2v) is 3.62. The van der Waals surface area contributed by atoms with Crippen molar-refractivity contribution in [3.8, 4) is 0 Å². The van der Waals surface area contributed by atoms with Crippen molar-refractivity contribution in [2.24, 2.45) is 0 Å². The largest absolute Gasteiger partial charge is 0.322 e. The number of hydrogen-bond donors (Lipinski definition) is 2. The summed E-state index contributed by atoms with van der Waals surface area (Å²) in [5, 5.41) is 5.91. The second kappa shape index (κ2) is 6.25. The van der Waals surface area contributed by atoms with Gasteiger partial charge in [-0.1, -0.05) is 17.7 Å². The second-order valence-electron chi connectivity index (χ2n) is 3.26. The van der Waals surface area contributed by atoms with Crippen LogP contribution in [0.2, 0.25) is 5.15 Å². The van der Waals surface area contributed by atoms with E-state index < -0.39 is 0 Å². The molecule has 0 radical (unpaired) electrons. The van der Waals surface area contributed by atoms with E-state index in [9.17, 15) is 4.79 Å². The maximum absolute atomic E-state index is 11.5. The zero-order valence-corrected chi connectivity index (χ0v) is 9.84. The van der Waals surface area contributed by atoms with Gasteiger partial charge in [0.1, 0.15) is 0 Å². The molecule has 0 saturated carbocycles. The molecule has 1 aromatic heterocycles. The van der Waals surface area contributed by atoms with Crippen LogP contribution in [-0.2, 0) is 4.79 Å². The normalized spacial score (nSPS) is 9.88. The third kappa shape index (κ3) is 3.64. The summed E-state index contributed by atoms with van der Waals surface area (Å²) in [5.74, 6) is -0.153. The van der Waals surface area contributed by atoms with E-state index in [1.165, 1.54) is 0 Å². The summed E-state index contributed by atoms with van der Waals surface area (Å²) in [5.41, 5.74) is 1.45. The summed E-state index contributed by atoms with van der Waals surface area (Å²) < 4.78 is 0. The van der Waals surface area contributed by atoms with E-state index in [4.69, 9.17) is 11.6 Å². The van der Waals surface area contributed by atoms with Crippen LogP contribution in [0.5, 0.6) is 0 Å². The van der Waals surface area contributed by atoms with Crippen molar-refractivity contribution in [1.82, 2.24) is 10.3 Å². The number of pyridine rings is 1. The van der Waals surface area contributed by atoms with Crippen LogP contribution in [0, 0.1) is 6.92 Å². The molecule has 0 aliphatic carbocycles. The summed E-state index contributed by atoms with van der Waals surface area (Å²) in [6.07, 6.45) is 3.29. The Labute approximate surface area is 99.7 Å². The smallest absolute Gasteiger partial charge is 0.238 e. The molecule has 1 aromatic rings. The maximum atomic E-state index is 11.5. The van der Waals surface area contributed by atoms with Gasteiger partial charge in [0.2, 0.25) is 5.91 Å². The van der Waals surface area contributed by atoms with Crippen LogP contribution < -0.4 is 10.6 Å². The fourth-order valence-corrected chi connectivity index (χ4v) is 1.40. The fraction of sp³-hybridized carbons (Fsp3) is 0.273. The summed E-state index contributed by atoms with van der Waals surface area (Å²) in [6.45, 7) is 6.22. The van der Waals surface area contributed by atoms with E-state index >= 15 is 0 Å². The topological polar surface area (TPSA) is 54.0 Å².